The number of para-hydroxylation sites is 1. The molecule has 2 aromatic carbocycles. The van der Waals surface area contributed by atoms with E-state index in [2.05, 4.69) is 14.6 Å². The largest absolute Gasteiger partial charge is 0.591 e. The second kappa shape index (κ2) is 8.12. The zero-order chi connectivity index (χ0) is 18.6. The molecule has 0 saturated carbocycles. The number of benzene rings is 2. The number of hydrogen-bond donors (Lipinski definition) is 2. The molecule has 1 unspecified atom stereocenters. The van der Waals surface area contributed by atoms with Crippen LogP contribution < -0.4 is 9.62 Å². The van der Waals surface area contributed by atoms with Crippen LogP contribution in [0.2, 0.25) is 0 Å². The van der Waals surface area contributed by atoms with Crippen molar-refractivity contribution >= 4 is 33.9 Å². The fraction of sp³-hybridized carbons (Fsp3) is 0.300. The molecule has 0 amide bonds. The summed E-state index contributed by atoms with van der Waals surface area (Å²) < 4.78 is 14.6. The van der Waals surface area contributed by atoms with Crippen molar-refractivity contribution in [3.63, 3.8) is 0 Å². The van der Waals surface area contributed by atoms with Crippen molar-refractivity contribution in [2.75, 3.05) is 28.7 Å². The van der Waals surface area contributed by atoms with Crippen LogP contribution in [-0.4, -0.2) is 38.7 Å². The Morgan fingerprint density at radius 1 is 1.07 bits per heavy atom. The van der Waals surface area contributed by atoms with Crippen LogP contribution >= 0.6 is 0 Å². The minimum atomic E-state index is -1.53. The van der Waals surface area contributed by atoms with Gasteiger partial charge in [-0.15, -0.1) is 0 Å². The molecule has 1 aliphatic heterocycles. The van der Waals surface area contributed by atoms with E-state index in [4.69, 9.17) is 10.1 Å². The Hall–Kier alpha value is -2.35. The van der Waals surface area contributed by atoms with Gasteiger partial charge in [0, 0.05) is 18.7 Å². The molecule has 1 aliphatic rings. The van der Waals surface area contributed by atoms with Crippen LogP contribution in [0.4, 0.5) is 11.5 Å². The summed E-state index contributed by atoms with van der Waals surface area (Å²) in [4.78, 5) is 11.7. The molecule has 6 nitrogen and oxygen atoms in total. The number of hydrogen-bond acceptors (Lipinski definition) is 6. The fourth-order valence-electron chi connectivity index (χ4n) is 3.42. The first-order chi connectivity index (χ1) is 13.2. The van der Waals surface area contributed by atoms with Crippen molar-refractivity contribution in [3.05, 3.63) is 48.7 Å². The van der Waals surface area contributed by atoms with Crippen LogP contribution in [-0.2, 0) is 11.4 Å². The minimum absolute atomic E-state index is 0.434. The van der Waals surface area contributed by atoms with Crippen LogP contribution in [0.15, 0.2) is 48.7 Å². The van der Waals surface area contributed by atoms with E-state index < -0.39 is 17.3 Å². The van der Waals surface area contributed by atoms with E-state index in [1.165, 1.54) is 19.3 Å². The van der Waals surface area contributed by atoms with Gasteiger partial charge in [-0.05, 0) is 43.0 Å². The third kappa shape index (κ3) is 4.00. The van der Waals surface area contributed by atoms with Crippen molar-refractivity contribution in [1.29, 1.82) is 0 Å². The van der Waals surface area contributed by atoms with Gasteiger partial charge < -0.3 is 14.6 Å². The highest BCUT2D eigenvalue weighted by Gasteiger charge is 2.14. The van der Waals surface area contributed by atoms with Crippen molar-refractivity contribution in [3.8, 4) is 11.1 Å². The molecule has 0 bridgehead atoms. The predicted octanol–water partition coefficient (Wildman–Crippen LogP) is 3.31. The van der Waals surface area contributed by atoms with Crippen molar-refractivity contribution in [2.24, 2.45) is 0 Å². The topological polar surface area (TPSA) is 84.3 Å². The summed E-state index contributed by atoms with van der Waals surface area (Å²) in [7, 11) is 0. The fourth-order valence-corrected chi connectivity index (χ4v) is 3.91. The van der Waals surface area contributed by atoms with E-state index in [0.717, 1.165) is 41.1 Å². The molecule has 1 atom stereocenters. The molecular formula is C20H22N4O2S. The molecule has 3 aromatic rings. The van der Waals surface area contributed by atoms with E-state index in [0.29, 0.717) is 5.69 Å². The van der Waals surface area contributed by atoms with Crippen molar-refractivity contribution < 1.29 is 9.66 Å². The highest BCUT2D eigenvalue weighted by Crippen LogP contribution is 2.31. The Morgan fingerprint density at radius 3 is 2.70 bits per heavy atom. The Balaban J connectivity index is 1.70. The third-order valence-corrected chi connectivity index (χ3v) is 5.47. The summed E-state index contributed by atoms with van der Waals surface area (Å²) in [6.45, 7) is 2.05. The van der Waals surface area contributed by atoms with Gasteiger partial charge in [-0.3, -0.25) is 4.98 Å². The van der Waals surface area contributed by atoms with E-state index in [9.17, 15) is 4.55 Å². The van der Waals surface area contributed by atoms with Crippen molar-refractivity contribution in [1.82, 2.24) is 9.97 Å². The highest BCUT2D eigenvalue weighted by molar-refractivity contribution is 7.92. The normalized spacial score (nSPS) is 15.7. The quantitative estimate of drug-likeness (QED) is 0.659. The molecule has 27 heavy (non-hydrogen) atoms. The molecule has 0 aliphatic carbocycles. The van der Waals surface area contributed by atoms with Gasteiger partial charge in [0.05, 0.1) is 34.3 Å². The van der Waals surface area contributed by atoms with Gasteiger partial charge in [0.1, 0.15) is 5.82 Å². The monoisotopic (exact) mass is 382 g/mol. The van der Waals surface area contributed by atoms with Crippen LogP contribution in [0.1, 0.15) is 19.3 Å². The van der Waals surface area contributed by atoms with Gasteiger partial charge >= 0.3 is 0 Å². The van der Waals surface area contributed by atoms with Gasteiger partial charge in [0.15, 0.2) is 0 Å². The molecule has 0 spiro atoms. The number of fused-ring (bicyclic) bond motifs is 1. The first-order valence-corrected chi connectivity index (χ1v) is 10.4. The SMILES string of the molecule is [O-][S+](CO)Nc1ccccc1-c1ccc2ncc(N3CCCCC3)nc2c1. The Bertz CT molecular complexity index is 931. The molecule has 4 rings (SSSR count). The summed E-state index contributed by atoms with van der Waals surface area (Å²) in [6.07, 6.45) is 5.52. The lowest BCUT2D eigenvalue weighted by Crippen LogP contribution is -2.30. The first-order valence-electron chi connectivity index (χ1n) is 9.11. The Labute approximate surface area is 161 Å². The average Bonchev–Trinajstić information content (AvgIpc) is 2.74. The van der Waals surface area contributed by atoms with E-state index in [1.54, 1.807) is 0 Å². The first kappa shape index (κ1) is 18.0. The van der Waals surface area contributed by atoms with Gasteiger partial charge in [-0.2, -0.15) is 0 Å². The third-order valence-electron chi connectivity index (χ3n) is 4.79. The number of nitrogens with zero attached hydrogens (tertiary/aromatic N) is 3. The molecule has 0 radical (unpaired) electrons. The lowest BCUT2D eigenvalue weighted by Gasteiger charge is -2.27. The van der Waals surface area contributed by atoms with Crippen LogP contribution in [0.3, 0.4) is 0 Å². The summed E-state index contributed by atoms with van der Waals surface area (Å²) in [5.41, 5.74) is 4.28. The molecular weight excluding hydrogens is 360 g/mol. The van der Waals surface area contributed by atoms with Gasteiger partial charge in [-0.25, -0.2) is 9.71 Å². The predicted molar refractivity (Wildman–Crippen MR) is 110 cm³/mol. The van der Waals surface area contributed by atoms with E-state index in [-0.39, 0.29) is 0 Å². The summed E-state index contributed by atoms with van der Waals surface area (Å²) in [6, 6.07) is 13.6. The van der Waals surface area contributed by atoms with Crippen LogP contribution in [0.25, 0.3) is 22.2 Å². The minimum Gasteiger partial charge on any atom is -0.591 e. The van der Waals surface area contributed by atoms with Crippen molar-refractivity contribution in [2.45, 2.75) is 19.3 Å². The number of aromatic nitrogens is 2. The van der Waals surface area contributed by atoms with Crippen LogP contribution in [0, 0.1) is 0 Å². The maximum absolute atomic E-state index is 11.7. The Morgan fingerprint density at radius 2 is 1.89 bits per heavy atom. The molecule has 1 aromatic heterocycles. The molecule has 140 valence electrons. The number of anilines is 2. The zero-order valence-electron chi connectivity index (χ0n) is 15.0. The number of aliphatic hydroxyl groups excluding tert-OH is 1. The number of piperidine rings is 1. The number of nitrogens with one attached hydrogen (secondary N) is 1. The average molecular weight is 382 g/mol. The van der Waals surface area contributed by atoms with Crippen LogP contribution in [0.5, 0.6) is 0 Å². The molecule has 1 fully saturated rings. The number of rotatable bonds is 5. The zero-order valence-corrected chi connectivity index (χ0v) is 15.8. The maximum atomic E-state index is 11.7. The maximum Gasteiger partial charge on any atom is 0.228 e. The lowest BCUT2D eigenvalue weighted by atomic mass is 10.0. The smallest absolute Gasteiger partial charge is 0.228 e. The standard InChI is InChI=1S/C20H22N4O2S/c25-14-27(26)23-17-7-3-2-6-16(17)15-8-9-18-19(12-15)22-20(13-21-18)24-10-4-1-5-11-24/h2-3,6-9,12-13,23,25H,1,4-5,10-11,14H2. The van der Waals surface area contributed by atoms with Gasteiger partial charge in [0.25, 0.3) is 0 Å². The lowest BCUT2D eigenvalue weighted by molar-refractivity contribution is 0.360. The second-order valence-electron chi connectivity index (χ2n) is 6.60. The highest BCUT2D eigenvalue weighted by atomic mass is 32.2. The van der Waals surface area contributed by atoms with Gasteiger partial charge in [0.2, 0.25) is 5.94 Å². The molecule has 2 heterocycles. The number of aliphatic hydroxyl groups is 1. The molecule has 2 N–H and O–H groups in total. The van der Waals surface area contributed by atoms with E-state index in [1.807, 2.05) is 48.7 Å². The second-order valence-corrected chi connectivity index (χ2v) is 7.76. The van der Waals surface area contributed by atoms with E-state index >= 15 is 0 Å². The summed E-state index contributed by atoms with van der Waals surface area (Å²) in [5.74, 6) is 0.489. The Kier molecular flexibility index (Phi) is 5.42. The summed E-state index contributed by atoms with van der Waals surface area (Å²) in [5, 5.41) is 9.07. The summed E-state index contributed by atoms with van der Waals surface area (Å²) >= 11 is -1.53. The van der Waals surface area contributed by atoms with Gasteiger partial charge in [-0.1, -0.05) is 24.3 Å². The molecule has 1 saturated heterocycles. The molecule has 7 heteroatoms.